The summed E-state index contributed by atoms with van der Waals surface area (Å²) in [7, 11) is 0. The molecule has 4 saturated heterocycles. The molecule has 7 aliphatic rings. The van der Waals surface area contributed by atoms with E-state index in [0.29, 0.717) is 17.6 Å². The summed E-state index contributed by atoms with van der Waals surface area (Å²) in [4.78, 5) is 42.3. The number of epoxide rings is 1. The first-order valence-electron chi connectivity index (χ1n) is 20.3. The van der Waals surface area contributed by atoms with Gasteiger partial charge in [-0.15, -0.1) is 0 Å². The number of fused-ring (bicyclic) bond motifs is 1. The molecule has 2 aromatic rings. The van der Waals surface area contributed by atoms with Crippen LogP contribution in [0.1, 0.15) is 86.4 Å². The van der Waals surface area contributed by atoms with E-state index in [-0.39, 0.29) is 30.9 Å². The number of aliphatic hydroxyl groups excluding tert-OH is 2. The van der Waals surface area contributed by atoms with Gasteiger partial charge in [-0.2, -0.15) is 0 Å². The number of aliphatic hydroxyl groups is 3. The maximum absolute atomic E-state index is 14.6. The van der Waals surface area contributed by atoms with Gasteiger partial charge in [0.2, 0.25) is 5.78 Å². The fourth-order valence-electron chi connectivity index (χ4n) is 12.3. The lowest BCUT2D eigenvalue weighted by Gasteiger charge is -2.61. The van der Waals surface area contributed by atoms with Gasteiger partial charge < -0.3 is 43.7 Å². The van der Waals surface area contributed by atoms with Crippen molar-refractivity contribution in [3.63, 3.8) is 0 Å². The molecule has 0 amide bonds. The summed E-state index contributed by atoms with van der Waals surface area (Å²) in [6.07, 6.45) is -0.874. The second kappa shape index (κ2) is 13.3. The SMILES string of the molecule is C=C(C)[C@]12C[C@@H](COC(=O)c3ccccc3)[C@@]34OC5(O[C@@H]1[C@@H]3[C@@H]1O[C@]1(CO)[C@@H](O)[C@@]1(O)[C@H]4[C@H]([C@H](C)[C@@H]1OC(=O)c1ccccc1)[C@H](C)CCCCCCC5=O)O2. The molecule has 2 aromatic carbocycles. The van der Waals surface area contributed by atoms with Gasteiger partial charge in [0.15, 0.2) is 0 Å². The number of ketones is 1. The van der Waals surface area contributed by atoms with E-state index >= 15 is 0 Å². The molecule has 4 aliphatic heterocycles. The molecular weight excluding hydrogens is 720 g/mol. The van der Waals surface area contributed by atoms with E-state index in [2.05, 4.69) is 13.5 Å². The Hall–Kier alpha value is -3.49. The molecule has 12 heteroatoms. The maximum atomic E-state index is 14.6. The van der Waals surface area contributed by atoms with Crippen LogP contribution in [-0.4, -0.2) is 99.0 Å². The number of hydrogen-bond donors (Lipinski definition) is 3. The van der Waals surface area contributed by atoms with Gasteiger partial charge in [-0.05, 0) is 67.4 Å². The Balaban J connectivity index is 1.28. The minimum atomic E-state index is -2.30. The first kappa shape index (κ1) is 38.1. The summed E-state index contributed by atoms with van der Waals surface area (Å²) in [5.74, 6) is -7.74. The fraction of sp³-hybridized carbons (Fsp3) is 0.614. The van der Waals surface area contributed by atoms with E-state index < -0.39 is 107 Å². The van der Waals surface area contributed by atoms with Crippen molar-refractivity contribution in [2.45, 2.75) is 119 Å². The third kappa shape index (κ3) is 5.05. The summed E-state index contributed by atoms with van der Waals surface area (Å²) in [6.45, 7) is 9.28. The maximum Gasteiger partial charge on any atom is 0.348 e. The lowest BCUT2D eigenvalue weighted by atomic mass is 9.51. The summed E-state index contributed by atoms with van der Waals surface area (Å²) in [5.41, 5.74) is -5.83. The van der Waals surface area contributed by atoms with Crippen LogP contribution in [0, 0.1) is 35.5 Å². The smallest absolute Gasteiger partial charge is 0.348 e. The third-order valence-electron chi connectivity index (χ3n) is 14.8. The minimum Gasteiger partial charge on any atom is -0.462 e. The highest BCUT2D eigenvalue weighted by Gasteiger charge is 2.91. The van der Waals surface area contributed by atoms with Gasteiger partial charge in [-0.1, -0.05) is 82.5 Å². The summed E-state index contributed by atoms with van der Waals surface area (Å²) >= 11 is 0. The largest absolute Gasteiger partial charge is 0.462 e. The highest BCUT2D eigenvalue weighted by Crippen LogP contribution is 2.75. The van der Waals surface area contributed by atoms with Crippen molar-refractivity contribution in [1.82, 2.24) is 0 Å². The van der Waals surface area contributed by atoms with Gasteiger partial charge in [0.05, 0.1) is 29.9 Å². The van der Waals surface area contributed by atoms with Gasteiger partial charge in [0.25, 0.3) is 0 Å². The number of benzene rings is 2. The molecule has 3 bridgehead atoms. The van der Waals surface area contributed by atoms with E-state index in [1.807, 2.05) is 6.92 Å². The Morgan fingerprint density at radius 1 is 0.911 bits per heavy atom. The van der Waals surface area contributed by atoms with Crippen LogP contribution in [0.4, 0.5) is 0 Å². The monoisotopic (exact) mass is 772 g/mol. The number of hydrogen-bond acceptors (Lipinski definition) is 12. The molecule has 3 saturated carbocycles. The normalized spacial score (nSPS) is 46.0. The van der Waals surface area contributed by atoms with Crippen LogP contribution >= 0.6 is 0 Å². The Kier molecular flexibility index (Phi) is 9.02. The summed E-state index contributed by atoms with van der Waals surface area (Å²) in [6, 6.07) is 17.1. The zero-order valence-corrected chi connectivity index (χ0v) is 32.1. The molecule has 3 aliphatic carbocycles. The quantitative estimate of drug-likeness (QED) is 0.205. The average molecular weight is 773 g/mol. The van der Waals surface area contributed by atoms with Crippen LogP contribution in [-0.2, 0) is 33.2 Å². The van der Waals surface area contributed by atoms with Gasteiger partial charge in [0, 0.05) is 24.2 Å². The topological polar surface area (TPSA) is 171 Å². The second-order valence-corrected chi connectivity index (χ2v) is 17.6. The molecule has 300 valence electrons. The van der Waals surface area contributed by atoms with Crippen molar-refractivity contribution in [1.29, 1.82) is 0 Å². The molecule has 15 atom stereocenters. The van der Waals surface area contributed by atoms with Crippen molar-refractivity contribution in [2.75, 3.05) is 13.2 Å². The van der Waals surface area contributed by atoms with E-state index in [9.17, 15) is 29.7 Å². The van der Waals surface area contributed by atoms with Gasteiger partial charge >= 0.3 is 17.9 Å². The highest BCUT2D eigenvalue weighted by atomic mass is 16.9. The van der Waals surface area contributed by atoms with Crippen LogP contribution in [0.25, 0.3) is 0 Å². The number of Topliss-reactive ketones (excluding diaryl/α,β-unsaturated/α-hetero) is 1. The predicted octanol–water partition coefficient (Wildman–Crippen LogP) is 4.54. The van der Waals surface area contributed by atoms with E-state index in [0.717, 1.165) is 25.7 Å². The number of rotatable bonds is 7. The van der Waals surface area contributed by atoms with Crippen molar-refractivity contribution in [2.24, 2.45) is 35.5 Å². The van der Waals surface area contributed by atoms with Crippen LogP contribution in [0.3, 0.4) is 0 Å². The van der Waals surface area contributed by atoms with Crippen LogP contribution in [0.5, 0.6) is 0 Å². The first-order valence-corrected chi connectivity index (χ1v) is 20.3. The number of esters is 2. The van der Waals surface area contributed by atoms with Crippen LogP contribution in [0.2, 0.25) is 0 Å². The minimum absolute atomic E-state index is 0.109. The van der Waals surface area contributed by atoms with Crippen molar-refractivity contribution in [3.8, 4) is 0 Å². The number of carbonyl (C=O) groups excluding carboxylic acids is 3. The van der Waals surface area contributed by atoms with E-state index in [1.54, 1.807) is 67.6 Å². The molecule has 3 N–H and O–H groups in total. The zero-order chi connectivity index (χ0) is 39.4. The first-order chi connectivity index (χ1) is 26.8. The zero-order valence-electron chi connectivity index (χ0n) is 32.1. The molecule has 0 aromatic heterocycles. The van der Waals surface area contributed by atoms with Gasteiger partial charge in [-0.25, -0.2) is 9.59 Å². The standard InChI is InChI=1S/C44H52O12/c1-24(2)40-21-29(22-51-37(47)27-16-10-7-11-17-27)43-32-35(40)54-44(55-40,56-43)30(46)20-14-6-5-9-15-25(3)31-26(4)34(52-38(48)28-18-12-8-13-19-28)42(50,33(31)43)39(49)41(23-45)36(32)53-41/h7-8,10-13,16-19,25-26,29,31-36,39,45,49-50H,1,5-6,9,14-15,20-23H2,2-4H3/t25-,26+,29+,31+,32-,33-,34+,35-,36+,39-,40-,41+,42-,43-,44?/m1/s1. The lowest BCUT2D eigenvalue weighted by molar-refractivity contribution is -0.416. The lowest BCUT2D eigenvalue weighted by Crippen LogP contribution is -2.75. The van der Waals surface area contributed by atoms with E-state index in [1.165, 1.54) is 0 Å². The molecule has 56 heavy (non-hydrogen) atoms. The van der Waals surface area contributed by atoms with Gasteiger partial charge in [-0.3, -0.25) is 4.79 Å². The molecule has 7 fully saturated rings. The summed E-state index contributed by atoms with van der Waals surface area (Å²) < 4.78 is 40.0. The molecule has 0 radical (unpaired) electrons. The Morgan fingerprint density at radius 3 is 2.23 bits per heavy atom. The van der Waals surface area contributed by atoms with E-state index in [4.69, 9.17) is 28.4 Å². The molecule has 2 spiro atoms. The molecule has 4 heterocycles. The highest BCUT2D eigenvalue weighted by molar-refractivity contribution is 5.90. The molecule has 1 unspecified atom stereocenters. The Morgan fingerprint density at radius 2 is 1.57 bits per heavy atom. The van der Waals surface area contributed by atoms with Crippen molar-refractivity contribution < 1.29 is 58.1 Å². The predicted molar refractivity (Wildman–Crippen MR) is 198 cm³/mol. The number of carbonyl (C=O) groups is 3. The molecular formula is C44H52O12. The van der Waals surface area contributed by atoms with Crippen molar-refractivity contribution in [3.05, 3.63) is 83.9 Å². The third-order valence-corrected chi connectivity index (χ3v) is 14.8. The fourth-order valence-corrected chi connectivity index (χ4v) is 12.3. The summed E-state index contributed by atoms with van der Waals surface area (Å²) in [5, 5.41) is 37.8. The average Bonchev–Trinajstić information content (AvgIpc) is 3.84. The van der Waals surface area contributed by atoms with Gasteiger partial charge in [0.1, 0.15) is 41.2 Å². The Bertz CT molecular complexity index is 1910. The van der Waals surface area contributed by atoms with Crippen molar-refractivity contribution >= 4 is 17.7 Å². The molecule has 9 rings (SSSR count). The van der Waals surface area contributed by atoms with Crippen LogP contribution in [0.15, 0.2) is 72.8 Å². The number of ether oxygens (including phenoxy) is 6. The second-order valence-electron chi connectivity index (χ2n) is 17.6. The molecule has 12 nitrogen and oxygen atoms in total. The van der Waals surface area contributed by atoms with Crippen LogP contribution < -0.4 is 0 Å². The Labute approximate surface area is 326 Å².